The van der Waals surface area contributed by atoms with Crippen LogP contribution in [0.1, 0.15) is 43.2 Å². The lowest BCUT2D eigenvalue weighted by atomic mass is 9.43. The molecule has 4 bridgehead atoms. The monoisotopic (exact) mass is 472 g/mol. The van der Waals surface area contributed by atoms with Crippen LogP contribution in [-0.2, 0) is 5.41 Å². The van der Waals surface area contributed by atoms with Gasteiger partial charge in [-0.05, 0) is 113 Å². The summed E-state index contributed by atoms with van der Waals surface area (Å²) in [5, 5.41) is 0.915. The normalized spacial score (nSPS) is 29.4. The Labute approximate surface area is 213 Å². The van der Waals surface area contributed by atoms with E-state index in [-0.39, 0.29) is 5.41 Å². The van der Waals surface area contributed by atoms with E-state index in [9.17, 15) is 0 Å². The van der Waals surface area contributed by atoms with E-state index in [4.69, 9.17) is 11.6 Å². The van der Waals surface area contributed by atoms with E-state index in [1.807, 2.05) is 0 Å². The van der Waals surface area contributed by atoms with Crippen LogP contribution in [0.15, 0.2) is 91.0 Å². The van der Waals surface area contributed by atoms with Gasteiger partial charge in [0.05, 0.1) is 0 Å². The molecule has 0 unspecified atom stereocenters. The number of fused-ring (bicyclic) bond motifs is 3. The molecule has 0 heterocycles. The third-order valence-electron chi connectivity index (χ3n) is 9.91. The van der Waals surface area contributed by atoms with Gasteiger partial charge < -0.3 is 0 Å². The maximum absolute atomic E-state index is 7.25. The highest BCUT2D eigenvalue weighted by atomic mass is 35.5. The second kappa shape index (κ2) is 7.34. The Morgan fingerprint density at radius 1 is 0.543 bits per heavy atom. The zero-order chi connectivity index (χ0) is 23.1. The summed E-state index contributed by atoms with van der Waals surface area (Å²) < 4.78 is 0. The lowest BCUT2D eigenvalue weighted by Crippen LogP contribution is -2.55. The second-order valence-electron chi connectivity index (χ2n) is 11.5. The van der Waals surface area contributed by atoms with Gasteiger partial charge in [0.1, 0.15) is 0 Å². The molecule has 0 amide bonds. The Kier molecular flexibility index (Phi) is 4.27. The van der Waals surface area contributed by atoms with Crippen LogP contribution in [0.4, 0.5) is 0 Å². The molecule has 0 N–H and O–H groups in total. The SMILES string of the molecule is Clc1cc(-c2ccccc2)cc2c1-c1cc(-c3ccccc3)ccc1C21C2CC3CC(C2)CC1C3. The molecule has 172 valence electrons. The zero-order valence-corrected chi connectivity index (χ0v) is 20.6. The predicted molar refractivity (Wildman–Crippen MR) is 146 cm³/mol. The average molecular weight is 473 g/mol. The van der Waals surface area contributed by atoms with E-state index >= 15 is 0 Å². The third-order valence-corrected chi connectivity index (χ3v) is 10.2. The van der Waals surface area contributed by atoms with Gasteiger partial charge in [0.25, 0.3) is 0 Å². The Bertz CT molecular complexity index is 1420. The molecule has 0 saturated heterocycles. The largest absolute Gasteiger partial charge is 0.0836 e. The summed E-state index contributed by atoms with van der Waals surface area (Å²) in [5.41, 5.74) is 11.0. The van der Waals surface area contributed by atoms with E-state index < -0.39 is 0 Å². The van der Waals surface area contributed by atoms with Crippen LogP contribution in [0.2, 0.25) is 5.02 Å². The summed E-state index contributed by atoms with van der Waals surface area (Å²) in [6.07, 6.45) is 7.03. The van der Waals surface area contributed by atoms with E-state index in [0.717, 1.165) is 28.7 Å². The van der Waals surface area contributed by atoms with Crippen molar-refractivity contribution in [2.75, 3.05) is 0 Å². The first-order chi connectivity index (χ1) is 17.2. The number of hydrogen-bond donors (Lipinski definition) is 0. The minimum atomic E-state index is 0.127. The lowest BCUT2D eigenvalue weighted by molar-refractivity contribution is -0.0399. The summed E-state index contributed by atoms with van der Waals surface area (Å²) in [7, 11) is 0. The summed E-state index contributed by atoms with van der Waals surface area (Å²) in [5.74, 6) is 3.35. The van der Waals surface area contributed by atoms with Gasteiger partial charge in [-0.1, -0.05) is 84.4 Å². The van der Waals surface area contributed by atoms with Gasteiger partial charge in [0.2, 0.25) is 0 Å². The first kappa shape index (κ1) is 20.4. The standard InChI is InChI=1S/C34H29Cl/c35-32-20-26(24-9-5-2-6-10-24)19-31-33(32)29-18-25(23-7-3-1-4-8-23)11-12-30(29)34(31)27-14-21-13-22(16-27)17-28(34)15-21/h1-12,18-22,27-28H,13-17H2. The average Bonchev–Trinajstić information content (AvgIpc) is 3.18. The van der Waals surface area contributed by atoms with Gasteiger partial charge in [0.15, 0.2) is 0 Å². The van der Waals surface area contributed by atoms with Gasteiger partial charge in [-0.3, -0.25) is 0 Å². The van der Waals surface area contributed by atoms with Crippen molar-refractivity contribution in [2.45, 2.75) is 37.5 Å². The van der Waals surface area contributed by atoms with Crippen molar-refractivity contribution in [1.29, 1.82) is 0 Å². The van der Waals surface area contributed by atoms with Gasteiger partial charge in [0, 0.05) is 16.0 Å². The van der Waals surface area contributed by atoms with Crippen molar-refractivity contribution in [3.8, 4) is 33.4 Å². The molecule has 4 aromatic rings. The van der Waals surface area contributed by atoms with Gasteiger partial charge in [-0.15, -0.1) is 0 Å². The number of rotatable bonds is 2. The van der Waals surface area contributed by atoms with Crippen LogP contribution in [0.25, 0.3) is 33.4 Å². The Morgan fingerprint density at radius 2 is 1.14 bits per heavy atom. The Hall–Kier alpha value is -2.83. The number of benzene rings is 4. The first-order valence-electron chi connectivity index (χ1n) is 13.3. The minimum absolute atomic E-state index is 0.127. The number of halogens is 1. The van der Waals surface area contributed by atoms with Crippen LogP contribution >= 0.6 is 11.6 Å². The molecule has 4 saturated carbocycles. The third kappa shape index (κ3) is 2.75. The van der Waals surface area contributed by atoms with Crippen LogP contribution in [0.5, 0.6) is 0 Å². The predicted octanol–water partition coefficient (Wildman–Crippen LogP) is 9.40. The van der Waals surface area contributed by atoms with E-state index in [1.54, 1.807) is 5.56 Å². The van der Waals surface area contributed by atoms with Crippen molar-refractivity contribution in [1.82, 2.24) is 0 Å². The van der Waals surface area contributed by atoms with Crippen molar-refractivity contribution in [2.24, 2.45) is 23.7 Å². The molecule has 1 heteroatoms. The molecule has 0 nitrogen and oxygen atoms in total. The summed E-state index contributed by atoms with van der Waals surface area (Å²) in [6.45, 7) is 0. The van der Waals surface area contributed by atoms with Gasteiger partial charge in [-0.25, -0.2) is 0 Å². The fourth-order valence-electron chi connectivity index (χ4n) is 8.88. The zero-order valence-electron chi connectivity index (χ0n) is 19.9. The van der Waals surface area contributed by atoms with Gasteiger partial charge >= 0.3 is 0 Å². The topological polar surface area (TPSA) is 0 Å². The quantitative estimate of drug-likeness (QED) is 0.272. The molecule has 9 rings (SSSR count). The molecule has 0 aliphatic heterocycles. The molecule has 0 radical (unpaired) electrons. The molecule has 35 heavy (non-hydrogen) atoms. The summed E-state index contributed by atoms with van der Waals surface area (Å²) in [6, 6.07) is 33.6. The van der Waals surface area contributed by atoms with E-state index in [1.165, 1.54) is 71.0 Å². The smallest absolute Gasteiger partial charge is 0.0493 e. The molecule has 4 aromatic carbocycles. The highest BCUT2D eigenvalue weighted by molar-refractivity contribution is 6.34. The fraction of sp³-hybridized carbons (Fsp3) is 0.294. The van der Waals surface area contributed by atoms with E-state index in [0.29, 0.717) is 0 Å². The Morgan fingerprint density at radius 3 is 1.77 bits per heavy atom. The minimum Gasteiger partial charge on any atom is -0.0836 e. The maximum atomic E-state index is 7.25. The molecule has 1 spiro atoms. The first-order valence-corrected chi connectivity index (χ1v) is 13.7. The molecular formula is C34H29Cl. The Balaban J connectivity index is 1.41. The van der Waals surface area contributed by atoms with Crippen LogP contribution in [0.3, 0.4) is 0 Å². The van der Waals surface area contributed by atoms with Crippen LogP contribution in [0, 0.1) is 23.7 Å². The van der Waals surface area contributed by atoms with Crippen LogP contribution in [-0.4, -0.2) is 0 Å². The fourth-order valence-corrected chi connectivity index (χ4v) is 9.20. The lowest BCUT2D eigenvalue weighted by Gasteiger charge is -2.61. The summed E-state index contributed by atoms with van der Waals surface area (Å²) in [4.78, 5) is 0. The second-order valence-corrected chi connectivity index (χ2v) is 12.0. The molecule has 5 aliphatic carbocycles. The summed E-state index contributed by atoms with van der Waals surface area (Å²) >= 11 is 7.25. The number of hydrogen-bond acceptors (Lipinski definition) is 0. The molecule has 0 aromatic heterocycles. The highest BCUT2D eigenvalue weighted by Crippen LogP contribution is 2.70. The van der Waals surface area contributed by atoms with Crippen molar-refractivity contribution in [3.63, 3.8) is 0 Å². The maximum Gasteiger partial charge on any atom is 0.0493 e. The van der Waals surface area contributed by atoms with Crippen molar-refractivity contribution >= 4 is 11.6 Å². The van der Waals surface area contributed by atoms with Crippen molar-refractivity contribution in [3.05, 3.63) is 107 Å². The van der Waals surface area contributed by atoms with Crippen LogP contribution < -0.4 is 0 Å². The van der Waals surface area contributed by atoms with Gasteiger partial charge in [-0.2, -0.15) is 0 Å². The molecule has 0 atom stereocenters. The highest BCUT2D eigenvalue weighted by Gasteiger charge is 2.61. The molecule has 5 aliphatic rings. The molecular weight excluding hydrogens is 444 g/mol. The van der Waals surface area contributed by atoms with Crippen molar-refractivity contribution < 1.29 is 0 Å². The van der Waals surface area contributed by atoms with E-state index in [2.05, 4.69) is 91.0 Å². The molecule has 4 fully saturated rings.